The highest BCUT2D eigenvalue weighted by Gasteiger charge is 2.48. The number of carbonyl (C=O) groups is 1. The van der Waals surface area contributed by atoms with Gasteiger partial charge < -0.3 is 0 Å². The van der Waals surface area contributed by atoms with E-state index in [0.29, 0.717) is 0 Å². The minimum atomic E-state index is -5.72. The Hall–Kier alpha value is -0.830. The topological polar surface area (TPSA) is 72.5 Å². The van der Waals surface area contributed by atoms with Crippen molar-refractivity contribution in [3.63, 3.8) is 0 Å². The average Bonchev–Trinajstić information content (AvgIpc) is 1.81. The van der Waals surface area contributed by atoms with Gasteiger partial charge in [-0.15, -0.1) is 4.28 Å². The Morgan fingerprint density at radius 3 is 2.08 bits per heavy atom. The monoisotopic (exact) mass is 207 g/mol. The lowest BCUT2D eigenvalue weighted by Crippen LogP contribution is -2.33. The lowest BCUT2D eigenvalue weighted by Gasteiger charge is -2.06. The maximum atomic E-state index is 11.4. The first kappa shape index (κ1) is 11.2. The molecule has 72 valence electrons. The molecule has 0 aromatic rings. The number of hydrogen-bond acceptors (Lipinski definition) is 4. The molecule has 0 aliphatic carbocycles. The van der Waals surface area contributed by atoms with Crippen molar-refractivity contribution in [1.29, 1.82) is 0 Å². The summed E-state index contributed by atoms with van der Waals surface area (Å²) in [4.78, 5) is 9.95. The molecule has 0 rings (SSSR count). The van der Waals surface area contributed by atoms with Gasteiger partial charge in [0.15, 0.2) is 0 Å². The minimum Gasteiger partial charge on any atom is -0.273 e. The predicted molar refractivity (Wildman–Crippen MR) is 29.9 cm³/mol. The van der Waals surface area contributed by atoms with Crippen LogP contribution in [-0.4, -0.2) is 19.8 Å². The van der Waals surface area contributed by atoms with Gasteiger partial charge in [0.25, 0.3) is 0 Å². The predicted octanol–water partition coefficient (Wildman–Crippen LogP) is -0.0963. The summed E-state index contributed by atoms with van der Waals surface area (Å²) in [5, 5.41) is 0. The number of amides is 1. The van der Waals surface area contributed by atoms with Crippen molar-refractivity contribution in [3.8, 4) is 0 Å². The van der Waals surface area contributed by atoms with E-state index in [1.807, 2.05) is 0 Å². The van der Waals surface area contributed by atoms with Crippen LogP contribution in [0.1, 0.15) is 6.92 Å². The summed E-state index contributed by atoms with van der Waals surface area (Å²) in [6, 6.07) is 0. The number of hydroxylamine groups is 1. The summed E-state index contributed by atoms with van der Waals surface area (Å²) in [6.45, 7) is 0.798. The number of alkyl halides is 3. The van der Waals surface area contributed by atoms with E-state index in [1.54, 1.807) is 0 Å². The van der Waals surface area contributed by atoms with Gasteiger partial charge in [0, 0.05) is 6.92 Å². The zero-order valence-electron chi connectivity index (χ0n) is 5.68. The van der Waals surface area contributed by atoms with Gasteiger partial charge in [-0.2, -0.15) is 21.6 Å². The molecule has 12 heavy (non-hydrogen) atoms. The van der Waals surface area contributed by atoms with E-state index >= 15 is 0 Å². The molecule has 1 N–H and O–H groups in total. The Balaban J connectivity index is 4.37. The highest BCUT2D eigenvalue weighted by molar-refractivity contribution is 7.87. The second-order valence-electron chi connectivity index (χ2n) is 1.64. The Morgan fingerprint density at radius 2 is 1.83 bits per heavy atom. The second kappa shape index (κ2) is 3.27. The Bertz CT molecular complexity index is 268. The molecule has 1 amide bonds. The van der Waals surface area contributed by atoms with Crippen LogP contribution in [0.15, 0.2) is 0 Å². The summed E-state index contributed by atoms with van der Waals surface area (Å²) < 4.78 is 57.4. The zero-order valence-corrected chi connectivity index (χ0v) is 6.49. The van der Waals surface area contributed by atoms with Crippen molar-refractivity contribution in [2.45, 2.75) is 12.4 Å². The number of carbonyl (C=O) groups excluding carboxylic acids is 1. The minimum absolute atomic E-state index is 0.798. The van der Waals surface area contributed by atoms with Crippen molar-refractivity contribution in [2.75, 3.05) is 0 Å². The smallest absolute Gasteiger partial charge is 0.273 e. The first-order chi connectivity index (χ1) is 5.17. The molecule has 0 saturated heterocycles. The fraction of sp³-hybridized carbons (Fsp3) is 0.667. The molecule has 0 saturated carbocycles. The van der Waals surface area contributed by atoms with Gasteiger partial charge in [0.1, 0.15) is 0 Å². The maximum Gasteiger partial charge on any atom is 0.525 e. The first-order valence-electron chi connectivity index (χ1n) is 2.43. The molecular formula is C3H4F3NO4S. The van der Waals surface area contributed by atoms with E-state index in [1.165, 1.54) is 0 Å². The van der Waals surface area contributed by atoms with Crippen molar-refractivity contribution >= 4 is 16.0 Å². The van der Waals surface area contributed by atoms with E-state index < -0.39 is 21.5 Å². The first-order valence-corrected chi connectivity index (χ1v) is 3.84. The number of rotatable bonds is 2. The fourth-order valence-corrected chi connectivity index (χ4v) is 0.482. The molecule has 0 spiro atoms. The summed E-state index contributed by atoms with van der Waals surface area (Å²) >= 11 is 0. The van der Waals surface area contributed by atoms with Crippen molar-refractivity contribution in [3.05, 3.63) is 0 Å². The molecule has 0 atom stereocenters. The lowest BCUT2D eigenvalue weighted by atomic mass is 10.8. The van der Waals surface area contributed by atoms with E-state index in [0.717, 1.165) is 12.4 Å². The molecule has 0 unspecified atom stereocenters. The molecule has 0 fully saturated rings. The summed E-state index contributed by atoms with van der Waals surface area (Å²) in [5.74, 6) is -1.05. The summed E-state index contributed by atoms with van der Waals surface area (Å²) in [6.07, 6.45) is 0. The van der Waals surface area contributed by atoms with E-state index in [2.05, 4.69) is 4.28 Å². The maximum absolute atomic E-state index is 11.4. The highest BCUT2D eigenvalue weighted by atomic mass is 32.2. The quantitative estimate of drug-likeness (QED) is 0.507. The second-order valence-corrected chi connectivity index (χ2v) is 3.18. The molecule has 0 radical (unpaired) electrons. The SMILES string of the molecule is CC(=O)NOS(=O)(=O)C(F)(F)F. The Morgan fingerprint density at radius 1 is 1.42 bits per heavy atom. The van der Waals surface area contributed by atoms with Gasteiger partial charge in [0.2, 0.25) is 5.91 Å². The summed E-state index contributed by atoms with van der Waals surface area (Å²) in [7, 11) is -5.72. The molecule has 0 aliphatic rings. The van der Waals surface area contributed by atoms with Gasteiger partial charge in [-0.25, -0.2) is 5.48 Å². The molecule has 9 heteroatoms. The third kappa shape index (κ3) is 3.05. The van der Waals surface area contributed by atoms with Crippen LogP contribution in [0.2, 0.25) is 0 Å². The molecule has 0 bridgehead atoms. The lowest BCUT2D eigenvalue weighted by molar-refractivity contribution is -0.126. The average molecular weight is 207 g/mol. The van der Waals surface area contributed by atoms with Gasteiger partial charge in [-0.1, -0.05) is 0 Å². The number of halogens is 3. The van der Waals surface area contributed by atoms with Gasteiger partial charge in [-0.3, -0.25) is 4.79 Å². The van der Waals surface area contributed by atoms with Gasteiger partial charge in [0.05, 0.1) is 0 Å². The van der Waals surface area contributed by atoms with Crippen LogP contribution >= 0.6 is 0 Å². The van der Waals surface area contributed by atoms with Crippen LogP contribution < -0.4 is 5.48 Å². The van der Waals surface area contributed by atoms with E-state index in [9.17, 15) is 26.4 Å². The third-order valence-electron chi connectivity index (χ3n) is 0.579. The molecule has 0 heterocycles. The zero-order chi connectivity index (χ0) is 9.99. The fourth-order valence-electron chi connectivity index (χ4n) is 0.161. The molecule has 0 aromatic carbocycles. The van der Waals surface area contributed by atoms with Crippen LogP contribution in [0.5, 0.6) is 0 Å². The van der Waals surface area contributed by atoms with Crippen molar-refractivity contribution < 1.29 is 30.7 Å². The van der Waals surface area contributed by atoms with Crippen LogP contribution in [0.25, 0.3) is 0 Å². The molecule has 5 nitrogen and oxygen atoms in total. The van der Waals surface area contributed by atoms with Crippen LogP contribution in [-0.2, 0) is 19.2 Å². The number of nitrogens with one attached hydrogen (secondary N) is 1. The van der Waals surface area contributed by atoms with Crippen LogP contribution in [0, 0.1) is 0 Å². The van der Waals surface area contributed by atoms with Crippen LogP contribution in [0.3, 0.4) is 0 Å². The normalized spacial score (nSPS) is 12.7. The standard InChI is InChI=1S/C3H4F3NO4S/c1-2(8)7-11-12(9,10)3(4,5)6/h1H3,(H,7,8). The van der Waals surface area contributed by atoms with Crippen LogP contribution in [0.4, 0.5) is 13.2 Å². The largest absolute Gasteiger partial charge is 0.525 e. The highest BCUT2D eigenvalue weighted by Crippen LogP contribution is 2.23. The Labute approximate surface area is 65.6 Å². The third-order valence-corrected chi connectivity index (χ3v) is 1.45. The summed E-state index contributed by atoms with van der Waals surface area (Å²) in [5.41, 5.74) is -4.49. The Kier molecular flexibility index (Phi) is 3.04. The van der Waals surface area contributed by atoms with Crippen molar-refractivity contribution in [2.24, 2.45) is 0 Å². The molecular weight excluding hydrogens is 203 g/mol. The van der Waals surface area contributed by atoms with Crippen molar-refractivity contribution in [1.82, 2.24) is 5.48 Å². The molecule has 0 aliphatic heterocycles. The molecule has 0 aromatic heterocycles. The van der Waals surface area contributed by atoms with E-state index in [-0.39, 0.29) is 0 Å². The van der Waals surface area contributed by atoms with Gasteiger partial charge in [-0.05, 0) is 0 Å². The van der Waals surface area contributed by atoms with Gasteiger partial charge >= 0.3 is 15.6 Å². The number of hydrogen-bond donors (Lipinski definition) is 1. The van der Waals surface area contributed by atoms with E-state index in [4.69, 9.17) is 0 Å².